The molecular formula is C15H17FN2O2S. The molecular weight excluding hydrogens is 291 g/mol. The van der Waals surface area contributed by atoms with E-state index in [1.807, 2.05) is 19.1 Å². The van der Waals surface area contributed by atoms with E-state index in [1.165, 1.54) is 18.2 Å². The van der Waals surface area contributed by atoms with Crippen LogP contribution < -0.4 is 10.0 Å². The Morgan fingerprint density at radius 2 is 1.81 bits per heavy atom. The van der Waals surface area contributed by atoms with Crippen LogP contribution in [-0.2, 0) is 10.0 Å². The molecule has 0 aliphatic rings. The fourth-order valence-electron chi connectivity index (χ4n) is 1.96. The maximum Gasteiger partial charge on any atom is 0.262 e. The molecule has 1 atom stereocenters. The number of para-hydroxylation sites is 1. The molecule has 0 aromatic heterocycles. The normalized spacial score (nSPS) is 12.9. The van der Waals surface area contributed by atoms with E-state index in [2.05, 4.69) is 10.0 Å². The summed E-state index contributed by atoms with van der Waals surface area (Å²) in [6.07, 6.45) is 0. The predicted octanol–water partition coefficient (Wildman–Crippen LogP) is 2.91. The van der Waals surface area contributed by atoms with Crippen LogP contribution in [0.5, 0.6) is 0 Å². The number of hydrogen-bond acceptors (Lipinski definition) is 3. The van der Waals surface area contributed by atoms with Gasteiger partial charge in [-0.05, 0) is 43.8 Å². The highest BCUT2D eigenvalue weighted by molar-refractivity contribution is 7.92. The molecule has 0 aliphatic carbocycles. The van der Waals surface area contributed by atoms with E-state index in [1.54, 1.807) is 19.2 Å². The highest BCUT2D eigenvalue weighted by atomic mass is 32.2. The molecule has 0 saturated carbocycles. The Morgan fingerprint density at radius 3 is 2.48 bits per heavy atom. The molecule has 4 nitrogen and oxygen atoms in total. The van der Waals surface area contributed by atoms with Crippen molar-refractivity contribution in [3.05, 3.63) is 59.9 Å². The number of benzene rings is 2. The molecule has 0 amide bonds. The summed E-state index contributed by atoms with van der Waals surface area (Å²) >= 11 is 0. The van der Waals surface area contributed by atoms with Crippen LogP contribution in [0.4, 0.5) is 10.1 Å². The topological polar surface area (TPSA) is 58.2 Å². The van der Waals surface area contributed by atoms with Crippen molar-refractivity contribution in [2.24, 2.45) is 0 Å². The van der Waals surface area contributed by atoms with E-state index in [0.717, 1.165) is 11.6 Å². The first-order valence-electron chi connectivity index (χ1n) is 6.48. The molecule has 2 aromatic carbocycles. The summed E-state index contributed by atoms with van der Waals surface area (Å²) in [6.45, 7) is 1.93. The summed E-state index contributed by atoms with van der Waals surface area (Å²) in [5.74, 6) is -0.588. The summed E-state index contributed by atoms with van der Waals surface area (Å²) in [5, 5.41) is 3.06. The van der Waals surface area contributed by atoms with Gasteiger partial charge in [-0.1, -0.05) is 24.3 Å². The van der Waals surface area contributed by atoms with Crippen LogP contribution in [0, 0.1) is 5.82 Å². The summed E-state index contributed by atoms with van der Waals surface area (Å²) in [6, 6.07) is 12.0. The van der Waals surface area contributed by atoms with Crippen LogP contribution in [0.25, 0.3) is 0 Å². The van der Waals surface area contributed by atoms with Gasteiger partial charge in [0.05, 0.1) is 10.6 Å². The maximum absolute atomic E-state index is 13.2. The minimum atomic E-state index is -3.82. The molecule has 0 spiro atoms. The molecule has 0 bridgehead atoms. The SMILES string of the molecule is CNC(C)c1ccccc1NS(=O)(=O)c1cccc(F)c1. The van der Waals surface area contributed by atoms with E-state index in [-0.39, 0.29) is 10.9 Å². The van der Waals surface area contributed by atoms with Crippen molar-refractivity contribution >= 4 is 15.7 Å². The molecule has 0 aliphatic heterocycles. The quantitative estimate of drug-likeness (QED) is 0.893. The largest absolute Gasteiger partial charge is 0.313 e. The first kappa shape index (κ1) is 15.5. The van der Waals surface area contributed by atoms with Crippen LogP contribution in [0.1, 0.15) is 18.5 Å². The molecule has 112 valence electrons. The molecule has 21 heavy (non-hydrogen) atoms. The van der Waals surface area contributed by atoms with E-state index in [9.17, 15) is 12.8 Å². The van der Waals surface area contributed by atoms with Crippen LogP contribution >= 0.6 is 0 Å². The number of hydrogen-bond donors (Lipinski definition) is 2. The van der Waals surface area contributed by atoms with Gasteiger partial charge >= 0.3 is 0 Å². The second kappa shape index (κ2) is 6.24. The molecule has 2 aromatic rings. The van der Waals surface area contributed by atoms with Crippen LogP contribution in [0.3, 0.4) is 0 Å². The zero-order valence-electron chi connectivity index (χ0n) is 11.8. The third kappa shape index (κ3) is 3.59. The third-order valence-electron chi connectivity index (χ3n) is 3.21. The smallest absolute Gasteiger partial charge is 0.262 e. The van der Waals surface area contributed by atoms with Gasteiger partial charge in [0.25, 0.3) is 10.0 Å². The lowest BCUT2D eigenvalue weighted by atomic mass is 10.1. The van der Waals surface area contributed by atoms with Crippen molar-refractivity contribution in [1.82, 2.24) is 5.32 Å². The summed E-state index contributed by atoms with van der Waals surface area (Å²) < 4.78 is 40.3. The number of sulfonamides is 1. The van der Waals surface area contributed by atoms with Crippen molar-refractivity contribution in [1.29, 1.82) is 0 Å². The second-order valence-electron chi connectivity index (χ2n) is 4.66. The second-order valence-corrected chi connectivity index (χ2v) is 6.34. The molecule has 0 heterocycles. The molecule has 2 N–H and O–H groups in total. The summed E-state index contributed by atoms with van der Waals surface area (Å²) in [5.41, 5.74) is 1.29. The average molecular weight is 308 g/mol. The van der Waals surface area contributed by atoms with Crippen molar-refractivity contribution in [2.45, 2.75) is 17.9 Å². The van der Waals surface area contributed by atoms with Crippen molar-refractivity contribution in [3.63, 3.8) is 0 Å². The summed E-state index contributed by atoms with van der Waals surface area (Å²) in [7, 11) is -2.02. The first-order chi connectivity index (χ1) is 9.94. The Hall–Kier alpha value is -1.92. The minimum Gasteiger partial charge on any atom is -0.313 e. The first-order valence-corrected chi connectivity index (χ1v) is 7.97. The van der Waals surface area contributed by atoms with Gasteiger partial charge in [0.15, 0.2) is 0 Å². The Kier molecular flexibility index (Phi) is 4.59. The van der Waals surface area contributed by atoms with Gasteiger partial charge in [-0.25, -0.2) is 12.8 Å². The molecule has 6 heteroatoms. The van der Waals surface area contributed by atoms with Crippen LogP contribution in [0.15, 0.2) is 53.4 Å². The van der Waals surface area contributed by atoms with E-state index in [0.29, 0.717) is 5.69 Å². The Balaban J connectivity index is 2.38. The van der Waals surface area contributed by atoms with Gasteiger partial charge in [-0.2, -0.15) is 0 Å². The number of halogens is 1. The minimum absolute atomic E-state index is 0.0172. The maximum atomic E-state index is 13.2. The summed E-state index contributed by atoms with van der Waals surface area (Å²) in [4.78, 5) is -0.102. The van der Waals surface area contributed by atoms with Gasteiger partial charge in [-0.15, -0.1) is 0 Å². The van der Waals surface area contributed by atoms with Gasteiger partial charge in [-0.3, -0.25) is 4.72 Å². The highest BCUT2D eigenvalue weighted by Gasteiger charge is 2.17. The monoisotopic (exact) mass is 308 g/mol. The lowest BCUT2D eigenvalue weighted by Crippen LogP contribution is -2.18. The Morgan fingerprint density at radius 1 is 1.10 bits per heavy atom. The number of anilines is 1. The Bertz CT molecular complexity index is 732. The van der Waals surface area contributed by atoms with Crippen LogP contribution in [0.2, 0.25) is 0 Å². The lowest BCUT2D eigenvalue weighted by molar-refractivity contribution is 0.595. The zero-order chi connectivity index (χ0) is 15.5. The van der Waals surface area contributed by atoms with E-state index >= 15 is 0 Å². The molecule has 0 fully saturated rings. The van der Waals surface area contributed by atoms with Gasteiger partial charge in [0.2, 0.25) is 0 Å². The fraction of sp³-hybridized carbons (Fsp3) is 0.200. The van der Waals surface area contributed by atoms with E-state index in [4.69, 9.17) is 0 Å². The number of nitrogens with one attached hydrogen (secondary N) is 2. The van der Waals surface area contributed by atoms with Gasteiger partial charge in [0, 0.05) is 6.04 Å². The van der Waals surface area contributed by atoms with Gasteiger partial charge in [0.1, 0.15) is 5.82 Å². The molecule has 1 unspecified atom stereocenters. The van der Waals surface area contributed by atoms with Crippen molar-refractivity contribution in [3.8, 4) is 0 Å². The molecule has 0 saturated heterocycles. The van der Waals surface area contributed by atoms with Crippen molar-refractivity contribution < 1.29 is 12.8 Å². The molecule has 2 rings (SSSR count). The molecule has 0 radical (unpaired) electrons. The average Bonchev–Trinajstić information content (AvgIpc) is 2.46. The number of rotatable bonds is 5. The van der Waals surface area contributed by atoms with Crippen molar-refractivity contribution in [2.75, 3.05) is 11.8 Å². The fourth-order valence-corrected chi connectivity index (χ4v) is 3.08. The van der Waals surface area contributed by atoms with Crippen LogP contribution in [-0.4, -0.2) is 15.5 Å². The lowest BCUT2D eigenvalue weighted by Gasteiger charge is -2.17. The Labute approximate surface area is 124 Å². The van der Waals surface area contributed by atoms with Gasteiger partial charge < -0.3 is 5.32 Å². The third-order valence-corrected chi connectivity index (χ3v) is 4.57. The zero-order valence-corrected chi connectivity index (χ0v) is 12.6. The standard InChI is InChI=1S/C15H17FN2O2S/c1-11(17-2)14-8-3-4-9-15(14)18-21(19,20)13-7-5-6-12(16)10-13/h3-11,17-18H,1-2H3. The highest BCUT2D eigenvalue weighted by Crippen LogP contribution is 2.25. The predicted molar refractivity (Wildman–Crippen MR) is 81.1 cm³/mol. The van der Waals surface area contributed by atoms with E-state index < -0.39 is 15.8 Å².